The van der Waals surface area contributed by atoms with E-state index >= 15 is 0 Å². The first kappa shape index (κ1) is 13.5. The molecule has 4 nitrogen and oxygen atoms in total. The summed E-state index contributed by atoms with van der Waals surface area (Å²) in [6, 6.07) is 3.86. The summed E-state index contributed by atoms with van der Waals surface area (Å²) < 4.78 is 1.69. The lowest BCUT2D eigenvalue weighted by Gasteiger charge is -2.23. The van der Waals surface area contributed by atoms with Crippen LogP contribution < -0.4 is 5.32 Å². The molecule has 2 aromatic rings. The van der Waals surface area contributed by atoms with E-state index in [1.54, 1.807) is 4.68 Å². The van der Waals surface area contributed by atoms with Crippen LogP contribution >= 0.6 is 23.2 Å². The molecule has 1 aliphatic heterocycles. The number of halogens is 2. The van der Waals surface area contributed by atoms with Crippen LogP contribution in [0, 0.1) is 6.92 Å². The minimum absolute atomic E-state index is 0.0611. The van der Waals surface area contributed by atoms with E-state index in [1.807, 2.05) is 32.3 Å². The molecule has 1 unspecified atom stereocenters. The Morgan fingerprint density at radius 1 is 1.30 bits per heavy atom. The molecule has 20 heavy (non-hydrogen) atoms. The minimum Gasteiger partial charge on any atom is -0.309 e. The number of nitrogens with zero attached hydrogens (tertiary/aromatic N) is 2. The first-order valence-corrected chi connectivity index (χ1v) is 7.01. The summed E-state index contributed by atoms with van der Waals surface area (Å²) in [5.41, 5.74) is 2.76. The number of rotatable bonds is 1. The number of benzene rings is 1. The Bertz CT molecular complexity index is 709. The number of carbonyl (C=O) groups excluding carboxylic acids is 1. The number of aryl methyl sites for hydroxylation is 2. The van der Waals surface area contributed by atoms with Gasteiger partial charge in [0.05, 0.1) is 10.0 Å². The van der Waals surface area contributed by atoms with Gasteiger partial charge in [-0.2, -0.15) is 5.10 Å². The van der Waals surface area contributed by atoms with E-state index in [0.717, 1.165) is 16.7 Å². The van der Waals surface area contributed by atoms with Crippen LogP contribution in [0.4, 0.5) is 5.82 Å². The Morgan fingerprint density at radius 2 is 2.05 bits per heavy atom. The highest BCUT2D eigenvalue weighted by Gasteiger charge is 2.30. The molecule has 0 radical (unpaired) electrons. The van der Waals surface area contributed by atoms with Gasteiger partial charge in [-0.15, -0.1) is 0 Å². The third kappa shape index (κ3) is 2.09. The molecular formula is C14H13Cl2N3O. The molecule has 2 heterocycles. The predicted octanol–water partition coefficient (Wildman–Crippen LogP) is 3.51. The van der Waals surface area contributed by atoms with Crippen molar-refractivity contribution >= 4 is 34.9 Å². The first-order valence-electron chi connectivity index (χ1n) is 6.25. The highest BCUT2D eigenvalue weighted by molar-refractivity contribution is 6.43. The first-order chi connectivity index (χ1) is 9.47. The third-order valence-corrected chi connectivity index (χ3v) is 4.55. The van der Waals surface area contributed by atoms with Crippen molar-refractivity contribution in [2.45, 2.75) is 19.3 Å². The van der Waals surface area contributed by atoms with E-state index in [0.29, 0.717) is 22.3 Å². The maximum atomic E-state index is 11.8. The standard InChI is InChI=1S/C14H13Cl2N3O/c1-7-3-4-8(13(16)12(7)15)9-5-11(20)17-14-10(9)6-19(2)18-14/h3-4,6,9H,5H2,1-2H3,(H,17,18,20). The zero-order valence-corrected chi connectivity index (χ0v) is 12.6. The average Bonchev–Trinajstić information content (AvgIpc) is 2.75. The van der Waals surface area contributed by atoms with Crippen molar-refractivity contribution in [3.8, 4) is 0 Å². The normalized spacial score (nSPS) is 17.8. The van der Waals surface area contributed by atoms with E-state index in [2.05, 4.69) is 10.4 Å². The molecule has 0 saturated heterocycles. The Morgan fingerprint density at radius 3 is 2.80 bits per heavy atom. The van der Waals surface area contributed by atoms with Crippen LogP contribution in [0.1, 0.15) is 29.0 Å². The van der Waals surface area contributed by atoms with Crippen LogP contribution in [-0.4, -0.2) is 15.7 Å². The Labute approximate surface area is 126 Å². The number of nitrogens with one attached hydrogen (secondary N) is 1. The number of carbonyl (C=O) groups is 1. The van der Waals surface area contributed by atoms with Crippen LogP contribution in [0.25, 0.3) is 0 Å². The summed E-state index contributed by atoms with van der Waals surface area (Å²) in [5, 5.41) is 8.09. The fraction of sp³-hybridized carbons (Fsp3) is 0.286. The SMILES string of the molecule is Cc1ccc(C2CC(=O)Nc3nn(C)cc32)c(Cl)c1Cl. The fourth-order valence-electron chi connectivity index (χ4n) is 2.54. The van der Waals surface area contributed by atoms with Gasteiger partial charge in [-0.25, -0.2) is 0 Å². The van der Waals surface area contributed by atoms with Gasteiger partial charge < -0.3 is 5.32 Å². The zero-order valence-electron chi connectivity index (χ0n) is 11.1. The van der Waals surface area contributed by atoms with Crippen molar-refractivity contribution in [2.24, 2.45) is 7.05 Å². The number of aromatic nitrogens is 2. The van der Waals surface area contributed by atoms with Crippen LogP contribution in [0.5, 0.6) is 0 Å². The molecule has 1 aliphatic rings. The van der Waals surface area contributed by atoms with Gasteiger partial charge in [0.25, 0.3) is 0 Å². The second kappa shape index (κ2) is 4.79. The van der Waals surface area contributed by atoms with Crippen molar-refractivity contribution in [3.63, 3.8) is 0 Å². The molecule has 1 aromatic carbocycles. The molecule has 3 rings (SSSR count). The summed E-state index contributed by atoms with van der Waals surface area (Å²) >= 11 is 12.6. The monoisotopic (exact) mass is 309 g/mol. The molecule has 104 valence electrons. The van der Waals surface area contributed by atoms with Gasteiger partial charge in [-0.1, -0.05) is 35.3 Å². The van der Waals surface area contributed by atoms with Crippen LogP contribution in [0.3, 0.4) is 0 Å². The lowest BCUT2D eigenvalue weighted by atomic mass is 9.87. The number of fused-ring (bicyclic) bond motifs is 1. The molecule has 1 amide bonds. The quantitative estimate of drug-likeness (QED) is 0.876. The molecule has 0 saturated carbocycles. The fourth-order valence-corrected chi connectivity index (χ4v) is 3.06. The molecular weight excluding hydrogens is 297 g/mol. The van der Waals surface area contributed by atoms with Crippen LogP contribution in [-0.2, 0) is 11.8 Å². The highest BCUT2D eigenvalue weighted by Crippen LogP contribution is 2.41. The van der Waals surface area contributed by atoms with E-state index in [-0.39, 0.29) is 11.8 Å². The Kier molecular flexibility index (Phi) is 3.22. The maximum Gasteiger partial charge on any atom is 0.226 e. The molecule has 0 spiro atoms. The summed E-state index contributed by atoms with van der Waals surface area (Å²) in [6.07, 6.45) is 2.25. The summed E-state index contributed by atoms with van der Waals surface area (Å²) in [5.74, 6) is 0.425. The van der Waals surface area contributed by atoms with Crippen LogP contribution in [0.15, 0.2) is 18.3 Å². The molecule has 6 heteroatoms. The van der Waals surface area contributed by atoms with Crippen molar-refractivity contribution < 1.29 is 4.79 Å². The smallest absolute Gasteiger partial charge is 0.226 e. The molecule has 0 bridgehead atoms. The minimum atomic E-state index is -0.113. The largest absolute Gasteiger partial charge is 0.309 e. The lowest BCUT2D eigenvalue weighted by molar-refractivity contribution is -0.116. The predicted molar refractivity (Wildman–Crippen MR) is 79.5 cm³/mol. The molecule has 0 fully saturated rings. The van der Waals surface area contributed by atoms with E-state index in [9.17, 15) is 4.79 Å². The second-order valence-electron chi connectivity index (χ2n) is 5.01. The third-order valence-electron chi connectivity index (χ3n) is 3.56. The summed E-state index contributed by atoms with van der Waals surface area (Å²) in [7, 11) is 1.82. The highest BCUT2D eigenvalue weighted by atomic mass is 35.5. The maximum absolute atomic E-state index is 11.8. The van der Waals surface area contributed by atoms with E-state index in [1.165, 1.54) is 0 Å². The van der Waals surface area contributed by atoms with Crippen molar-refractivity contribution in [1.82, 2.24) is 9.78 Å². The van der Waals surface area contributed by atoms with Gasteiger partial charge in [-0.3, -0.25) is 9.48 Å². The van der Waals surface area contributed by atoms with Gasteiger partial charge in [0.15, 0.2) is 5.82 Å². The van der Waals surface area contributed by atoms with Gasteiger partial charge in [-0.05, 0) is 18.1 Å². The second-order valence-corrected chi connectivity index (χ2v) is 5.77. The van der Waals surface area contributed by atoms with Crippen molar-refractivity contribution in [2.75, 3.05) is 5.32 Å². The van der Waals surface area contributed by atoms with Crippen molar-refractivity contribution in [1.29, 1.82) is 0 Å². The van der Waals surface area contributed by atoms with Crippen LogP contribution in [0.2, 0.25) is 10.0 Å². The summed E-state index contributed by atoms with van der Waals surface area (Å²) in [6.45, 7) is 1.90. The van der Waals surface area contributed by atoms with Crippen molar-refractivity contribution in [3.05, 3.63) is 45.1 Å². The van der Waals surface area contributed by atoms with Gasteiger partial charge in [0.1, 0.15) is 0 Å². The number of amides is 1. The van der Waals surface area contributed by atoms with Gasteiger partial charge >= 0.3 is 0 Å². The Balaban J connectivity index is 2.15. The topological polar surface area (TPSA) is 46.9 Å². The zero-order chi connectivity index (χ0) is 14.4. The van der Waals surface area contributed by atoms with Gasteiger partial charge in [0, 0.05) is 31.1 Å². The van der Waals surface area contributed by atoms with E-state index in [4.69, 9.17) is 23.2 Å². The number of hydrogen-bond acceptors (Lipinski definition) is 2. The number of hydrogen-bond donors (Lipinski definition) is 1. The average molecular weight is 310 g/mol. The van der Waals surface area contributed by atoms with Gasteiger partial charge in [0.2, 0.25) is 5.91 Å². The lowest BCUT2D eigenvalue weighted by Crippen LogP contribution is -2.23. The molecule has 1 atom stereocenters. The molecule has 1 aromatic heterocycles. The molecule has 1 N–H and O–H groups in total. The molecule has 0 aliphatic carbocycles. The Hall–Kier alpha value is -1.52. The summed E-state index contributed by atoms with van der Waals surface area (Å²) in [4.78, 5) is 11.8. The number of anilines is 1. The van der Waals surface area contributed by atoms with E-state index < -0.39 is 0 Å².